The number of amides is 2. The summed E-state index contributed by atoms with van der Waals surface area (Å²) in [6, 6.07) is 0. The van der Waals surface area contributed by atoms with Gasteiger partial charge in [0.15, 0.2) is 0 Å². The van der Waals surface area contributed by atoms with Crippen molar-refractivity contribution in [2.75, 3.05) is 20.1 Å². The van der Waals surface area contributed by atoms with Gasteiger partial charge in [-0.1, -0.05) is 0 Å². The minimum atomic E-state index is -0.713. The van der Waals surface area contributed by atoms with Crippen LogP contribution in [0.2, 0.25) is 0 Å². The molecule has 0 aromatic rings. The molecule has 0 atom stereocenters. The quantitative estimate of drug-likeness (QED) is 0.558. The summed E-state index contributed by atoms with van der Waals surface area (Å²) in [5.74, 6) is -0.233. The van der Waals surface area contributed by atoms with E-state index in [2.05, 4.69) is 5.32 Å². The Labute approximate surface area is 84.6 Å². The van der Waals surface area contributed by atoms with Crippen LogP contribution in [-0.4, -0.2) is 42.9 Å². The number of hydrogen-bond acceptors (Lipinski definition) is 4. The van der Waals surface area contributed by atoms with E-state index >= 15 is 0 Å². The van der Waals surface area contributed by atoms with Gasteiger partial charge in [-0.15, -0.1) is 0 Å². The van der Waals surface area contributed by atoms with Crippen LogP contribution in [0.25, 0.3) is 0 Å². The summed E-state index contributed by atoms with van der Waals surface area (Å²) in [7, 11) is 1.68. The molecule has 5 heteroatoms. The first-order valence-corrected chi connectivity index (χ1v) is 4.65. The molecule has 2 amide bonds. The number of nitrogens with two attached hydrogens (primary N) is 1. The van der Waals surface area contributed by atoms with Crippen molar-refractivity contribution < 1.29 is 9.59 Å². The zero-order chi connectivity index (χ0) is 11.2. The van der Waals surface area contributed by atoms with Crippen LogP contribution in [0, 0.1) is 0 Å². The maximum atomic E-state index is 11.7. The maximum absolute atomic E-state index is 11.7. The van der Waals surface area contributed by atoms with Crippen LogP contribution in [0.4, 0.5) is 0 Å². The Morgan fingerprint density at radius 2 is 2.14 bits per heavy atom. The number of carbonyl (C=O) groups excluding carboxylic acids is 2. The van der Waals surface area contributed by atoms with E-state index in [0.29, 0.717) is 25.9 Å². The third kappa shape index (κ3) is 3.43. The molecule has 0 aromatic heterocycles. The van der Waals surface area contributed by atoms with Crippen molar-refractivity contribution in [3.8, 4) is 0 Å². The Morgan fingerprint density at radius 3 is 2.50 bits per heavy atom. The van der Waals surface area contributed by atoms with Crippen LogP contribution in [0.5, 0.6) is 0 Å². The molecule has 0 aromatic carbocycles. The molecule has 0 spiro atoms. The smallest absolute Gasteiger partial charge is 0.248 e. The summed E-state index contributed by atoms with van der Waals surface area (Å²) in [4.78, 5) is 23.5. The number of hydrogen-bond donors (Lipinski definition) is 2. The van der Waals surface area contributed by atoms with Crippen LogP contribution >= 0.6 is 0 Å². The van der Waals surface area contributed by atoms with Gasteiger partial charge in [0, 0.05) is 6.54 Å². The highest BCUT2D eigenvalue weighted by atomic mass is 16.2. The molecule has 5 nitrogen and oxygen atoms in total. The molecular formula is C9H19N3O2. The van der Waals surface area contributed by atoms with E-state index in [1.807, 2.05) is 0 Å². The Kier molecular flexibility index (Phi) is 5.34. The molecule has 0 saturated carbocycles. The SMILES string of the molecule is CNC(C)(C)C(=O)N(C=O)CCCN. The summed E-state index contributed by atoms with van der Waals surface area (Å²) in [5.41, 5.74) is 4.59. The Balaban J connectivity index is 4.38. The number of rotatable bonds is 6. The first-order chi connectivity index (χ1) is 6.49. The molecule has 0 rings (SSSR count). The fourth-order valence-corrected chi connectivity index (χ4v) is 0.930. The molecule has 82 valence electrons. The molecule has 0 aliphatic carbocycles. The lowest BCUT2D eigenvalue weighted by Crippen LogP contribution is -2.52. The second-order valence-electron chi connectivity index (χ2n) is 3.62. The number of nitrogens with one attached hydrogen (secondary N) is 1. The highest BCUT2D eigenvalue weighted by molar-refractivity contribution is 5.92. The van der Waals surface area contributed by atoms with Gasteiger partial charge >= 0.3 is 0 Å². The zero-order valence-corrected chi connectivity index (χ0v) is 9.04. The molecule has 0 aliphatic rings. The van der Waals surface area contributed by atoms with Gasteiger partial charge < -0.3 is 11.1 Å². The third-order valence-electron chi connectivity index (χ3n) is 2.15. The number of carbonyl (C=O) groups is 2. The minimum absolute atomic E-state index is 0.233. The van der Waals surface area contributed by atoms with E-state index in [1.54, 1.807) is 20.9 Å². The number of likely N-dealkylation sites (N-methyl/N-ethyl adjacent to an activating group) is 1. The largest absolute Gasteiger partial charge is 0.330 e. The summed E-state index contributed by atoms with van der Waals surface area (Å²) in [6.45, 7) is 4.31. The van der Waals surface area contributed by atoms with E-state index in [4.69, 9.17) is 5.73 Å². The number of nitrogens with zero attached hydrogens (tertiary/aromatic N) is 1. The fraction of sp³-hybridized carbons (Fsp3) is 0.778. The molecule has 14 heavy (non-hydrogen) atoms. The molecule has 3 N–H and O–H groups in total. The molecule has 0 bridgehead atoms. The summed E-state index contributed by atoms with van der Waals surface area (Å²) >= 11 is 0. The van der Waals surface area contributed by atoms with Crippen molar-refractivity contribution in [2.24, 2.45) is 5.73 Å². The van der Waals surface area contributed by atoms with Crippen LogP contribution < -0.4 is 11.1 Å². The topological polar surface area (TPSA) is 75.4 Å². The van der Waals surface area contributed by atoms with E-state index < -0.39 is 5.54 Å². The second kappa shape index (κ2) is 5.72. The van der Waals surface area contributed by atoms with E-state index in [1.165, 1.54) is 0 Å². The van der Waals surface area contributed by atoms with E-state index in [-0.39, 0.29) is 5.91 Å². The van der Waals surface area contributed by atoms with Crippen molar-refractivity contribution in [1.29, 1.82) is 0 Å². The van der Waals surface area contributed by atoms with Gasteiger partial charge in [-0.05, 0) is 33.9 Å². The van der Waals surface area contributed by atoms with Crippen LogP contribution in [0.3, 0.4) is 0 Å². The highest BCUT2D eigenvalue weighted by Gasteiger charge is 2.29. The van der Waals surface area contributed by atoms with Crippen molar-refractivity contribution in [1.82, 2.24) is 10.2 Å². The predicted octanol–water partition coefficient (Wildman–Crippen LogP) is -0.682. The second-order valence-corrected chi connectivity index (χ2v) is 3.62. The zero-order valence-electron chi connectivity index (χ0n) is 9.04. The minimum Gasteiger partial charge on any atom is -0.330 e. The third-order valence-corrected chi connectivity index (χ3v) is 2.15. The fourth-order valence-electron chi connectivity index (χ4n) is 0.930. The predicted molar refractivity (Wildman–Crippen MR) is 54.6 cm³/mol. The highest BCUT2D eigenvalue weighted by Crippen LogP contribution is 2.06. The molecule has 0 aliphatic heterocycles. The molecule has 0 unspecified atom stereocenters. The Hall–Kier alpha value is -0.940. The average molecular weight is 201 g/mol. The number of imide groups is 1. The van der Waals surface area contributed by atoms with E-state index in [9.17, 15) is 9.59 Å². The molecule has 0 fully saturated rings. The van der Waals surface area contributed by atoms with Crippen molar-refractivity contribution >= 4 is 12.3 Å². The molecule has 0 heterocycles. The van der Waals surface area contributed by atoms with Crippen LogP contribution in [0.15, 0.2) is 0 Å². The standard InChI is InChI=1S/C9H19N3O2/c1-9(2,11-3)8(14)12(7-13)6-4-5-10/h7,11H,4-6,10H2,1-3H3. The summed E-state index contributed by atoms with van der Waals surface area (Å²) in [5, 5.41) is 2.85. The lowest BCUT2D eigenvalue weighted by molar-refractivity contribution is -0.142. The van der Waals surface area contributed by atoms with Crippen molar-refractivity contribution in [2.45, 2.75) is 25.8 Å². The summed E-state index contributed by atoms with van der Waals surface area (Å²) < 4.78 is 0. The molecule has 0 radical (unpaired) electrons. The molecule has 0 saturated heterocycles. The summed E-state index contributed by atoms with van der Waals surface area (Å²) in [6.07, 6.45) is 1.18. The van der Waals surface area contributed by atoms with Gasteiger partial charge in [0.25, 0.3) is 0 Å². The lowest BCUT2D eigenvalue weighted by atomic mass is 10.0. The molecular weight excluding hydrogens is 182 g/mol. The van der Waals surface area contributed by atoms with Gasteiger partial charge in [-0.3, -0.25) is 14.5 Å². The average Bonchev–Trinajstić information content (AvgIpc) is 2.18. The lowest BCUT2D eigenvalue weighted by Gasteiger charge is -2.27. The Bertz CT molecular complexity index is 204. The monoisotopic (exact) mass is 201 g/mol. The van der Waals surface area contributed by atoms with Gasteiger partial charge in [-0.25, -0.2) is 0 Å². The first-order valence-electron chi connectivity index (χ1n) is 4.65. The van der Waals surface area contributed by atoms with Crippen LogP contribution in [0.1, 0.15) is 20.3 Å². The maximum Gasteiger partial charge on any atom is 0.248 e. The normalized spacial score (nSPS) is 11.1. The van der Waals surface area contributed by atoms with Gasteiger partial charge in [0.1, 0.15) is 0 Å². The van der Waals surface area contributed by atoms with Gasteiger partial charge in [0.2, 0.25) is 12.3 Å². The van der Waals surface area contributed by atoms with Gasteiger partial charge in [0.05, 0.1) is 5.54 Å². The van der Waals surface area contributed by atoms with Crippen LogP contribution in [-0.2, 0) is 9.59 Å². The van der Waals surface area contributed by atoms with Crippen molar-refractivity contribution in [3.63, 3.8) is 0 Å². The van der Waals surface area contributed by atoms with Crippen molar-refractivity contribution in [3.05, 3.63) is 0 Å². The van der Waals surface area contributed by atoms with E-state index in [0.717, 1.165) is 4.90 Å². The first kappa shape index (κ1) is 13.1. The van der Waals surface area contributed by atoms with Gasteiger partial charge in [-0.2, -0.15) is 0 Å². The Morgan fingerprint density at radius 1 is 1.57 bits per heavy atom.